The Bertz CT molecular complexity index is 1880. The summed E-state index contributed by atoms with van der Waals surface area (Å²) < 4.78 is 61.3. The average molecular weight is 661 g/mol. The van der Waals surface area contributed by atoms with E-state index in [2.05, 4.69) is 29.9 Å². The van der Waals surface area contributed by atoms with Gasteiger partial charge in [0.05, 0.1) is 32.5 Å². The zero-order chi connectivity index (χ0) is 31.2. The van der Waals surface area contributed by atoms with Crippen molar-refractivity contribution < 1.29 is 47.1 Å². The molecule has 2 bridgehead atoms. The highest BCUT2D eigenvalue weighted by Crippen LogP contribution is 2.55. The number of hydrogen-bond acceptors (Lipinski definition) is 16. The lowest BCUT2D eigenvalue weighted by Crippen LogP contribution is -2.45. The highest BCUT2D eigenvalue weighted by atomic mass is 32.5. The number of anilines is 2. The highest BCUT2D eigenvalue weighted by Gasteiger charge is 2.64. The second-order valence-electron chi connectivity index (χ2n) is 10.3. The van der Waals surface area contributed by atoms with Crippen LogP contribution in [0.1, 0.15) is 12.5 Å². The number of ether oxygens (including phenoxy) is 3. The van der Waals surface area contributed by atoms with Gasteiger partial charge in [0.1, 0.15) is 35.8 Å². The number of nitrogen functional groups attached to an aromatic ring is 2. The lowest BCUT2D eigenvalue weighted by molar-refractivity contribution is -0.184. The average Bonchev–Trinajstić information content (AvgIpc) is 3.76. The number of imidazole rings is 2. The third-order valence-corrected chi connectivity index (χ3v) is 9.17. The summed E-state index contributed by atoms with van der Waals surface area (Å²) in [5.74, 6) is -4.14. The van der Waals surface area contributed by atoms with Crippen LogP contribution < -0.4 is 17.0 Å². The Labute approximate surface area is 248 Å². The van der Waals surface area contributed by atoms with Crippen LogP contribution in [0.2, 0.25) is 0 Å². The van der Waals surface area contributed by atoms with Gasteiger partial charge in [0.25, 0.3) is 5.56 Å². The Morgan fingerprint density at radius 2 is 1.89 bits per heavy atom. The lowest BCUT2D eigenvalue weighted by Gasteiger charge is -2.33. The van der Waals surface area contributed by atoms with E-state index < -0.39 is 73.9 Å². The zero-order valence-corrected chi connectivity index (χ0v) is 23.7. The van der Waals surface area contributed by atoms with Crippen molar-refractivity contribution in [1.82, 2.24) is 39.0 Å². The molecule has 0 spiro atoms. The van der Waals surface area contributed by atoms with Crippen molar-refractivity contribution in [3.8, 4) is 0 Å². The summed E-state index contributed by atoms with van der Waals surface area (Å²) in [6.07, 6.45) is -5.86. The van der Waals surface area contributed by atoms with Crippen LogP contribution in [-0.4, -0.2) is 110 Å². The summed E-state index contributed by atoms with van der Waals surface area (Å²) in [6.45, 7) is -6.54. The Kier molecular flexibility index (Phi) is 6.75. The Balaban J connectivity index is 1.13. The van der Waals surface area contributed by atoms with Crippen molar-refractivity contribution in [2.75, 3.05) is 31.3 Å². The van der Waals surface area contributed by atoms with Crippen molar-refractivity contribution >= 4 is 52.6 Å². The minimum atomic E-state index is -4.58. The Morgan fingerprint density at radius 1 is 1.16 bits per heavy atom. The first-order valence-electron chi connectivity index (χ1n) is 12.8. The summed E-state index contributed by atoms with van der Waals surface area (Å²) in [5.41, 5.74) is 9.25. The Morgan fingerprint density at radius 3 is 2.64 bits per heavy atom. The van der Waals surface area contributed by atoms with Gasteiger partial charge in [-0.05, 0) is 11.8 Å². The first-order chi connectivity index (χ1) is 20.8. The van der Waals surface area contributed by atoms with E-state index in [0.717, 1.165) is 10.9 Å². The SMILES string of the molecule is Nc1nc2c(ncn2[C@@H]2O[C@H](CO)C(F)(F)[C@H]2OP(O)(=S)OC[C@@]23CO[C@@H]([C@H](n4cnc5c(N)ncnc54)O2)[C@@H]3O)c(=O)[nH]1. The standard InChI is InChI=1S/C21H23F2N10O9PS/c22-21(23)7(1-34)40-18(33-6-29-9-15(33)30-19(25)31-16(9)36)12(21)42-43(37,44)39-3-20-2-38-10(11(20)35)17(41-20)32-5-28-8-13(24)26-4-27-14(8)32/h4-7,10-12,17-18,34-35H,1-3H2,(H,37,44)(H2,24,26,27)(H3,25,30,31,36)/t7-,10-,11+,12+,17-,18-,20-,43?/m1/s1. The third-order valence-electron chi connectivity index (χ3n) is 7.65. The van der Waals surface area contributed by atoms with E-state index in [9.17, 15) is 19.9 Å². The molecule has 0 amide bonds. The Hall–Kier alpha value is -3.31. The number of aliphatic hydroxyl groups excluding tert-OH is 2. The number of halogens is 2. The summed E-state index contributed by atoms with van der Waals surface area (Å²) in [4.78, 5) is 45.4. The number of fused-ring (bicyclic) bond motifs is 4. The molecule has 7 heterocycles. The largest absolute Gasteiger partial charge is 0.393 e. The van der Waals surface area contributed by atoms with Crippen LogP contribution in [0.5, 0.6) is 0 Å². The van der Waals surface area contributed by atoms with Gasteiger partial charge >= 0.3 is 12.6 Å². The fraction of sp³-hybridized carbons (Fsp3) is 0.524. The van der Waals surface area contributed by atoms with E-state index in [1.807, 2.05) is 0 Å². The summed E-state index contributed by atoms with van der Waals surface area (Å²) >= 11 is 5.08. The van der Waals surface area contributed by atoms with Gasteiger partial charge in [-0.2, -0.15) is 4.98 Å². The predicted octanol–water partition coefficient (Wildman–Crippen LogP) is -1.71. The normalized spacial score (nSPS) is 32.6. The van der Waals surface area contributed by atoms with Crippen LogP contribution in [-0.2, 0) is 35.1 Å². The fourth-order valence-electron chi connectivity index (χ4n) is 5.49. The number of rotatable bonds is 8. The quantitative estimate of drug-likeness (QED) is 0.115. The molecule has 1 unspecified atom stereocenters. The van der Waals surface area contributed by atoms with Crippen LogP contribution in [0, 0.1) is 0 Å². The van der Waals surface area contributed by atoms with Gasteiger partial charge in [0, 0.05) is 0 Å². The molecular formula is C21H23F2N10O9PS. The summed E-state index contributed by atoms with van der Waals surface area (Å²) in [6, 6.07) is 0. The molecule has 0 radical (unpaired) electrons. The predicted molar refractivity (Wildman–Crippen MR) is 144 cm³/mol. The van der Waals surface area contributed by atoms with Crippen LogP contribution in [0.3, 0.4) is 0 Å². The number of nitrogens with one attached hydrogen (secondary N) is 1. The minimum Gasteiger partial charge on any atom is -0.393 e. The molecule has 3 saturated heterocycles. The van der Waals surface area contributed by atoms with Crippen molar-refractivity contribution in [3.63, 3.8) is 0 Å². The summed E-state index contributed by atoms with van der Waals surface area (Å²) in [5, 5.41) is 20.6. The molecule has 0 aromatic carbocycles. The van der Waals surface area contributed by atoms with Crippen LogP contribution in [0.15, 0.2) is 23.8 Å². The fourth-order valence-corrected chi connectivity index (χ4v) is 6.90. The van der Waals surface area contributed by atoms with E-state index in [1.165, 1.54) is 17.2 Å². The maximum atomic E-state index is 15.5. The number of aliphatic hydroxyl groups is 2. The van der Waals surface area contributed by atoms with E-state index in [-0.39, 0.29) is 29.5 Å². The van der Waals surface area contributed by atoms with Gasteiger partial charge in [-0.15, -0.1) is 0 Å². The number of hydrogen-bond donors (Lipinski definition) is 6. The molecule has 236 valence electrons. The van der Waals surface area contributed by atoms with Gasteiger partial charge in [-0.25, -0.2) is 28.7 Å². The third kappa shape index (κ3) is 4.41. The smallest absolute Gasteiger partial charge is 0.325 e. The molecule has 7 rings (SSSR count). The molecule has 0 saturated carbocycles. The molecule has 3 aliphatic heterocycles. The highest BCUT2D eigenvalue weighted by molar-refractivity contribution is 8.07. The maximum Gasteiger partial charge on any atom is 0.325 e. The van der Waals surface area contributed by atoms with Crippen molar-refractivity contribution in [1.29, 1.82) is 0 Å². The number of aromatic nitrogens is 8. The van der Waals surface area contributed by atoms with Crippen LogP contribution in [0.25, 0.3) is 22.3 Å². The van der Waals surface area contributed by atoms with Gasteiger partial charge in [0.2, 0.25) is 5.95 Å². The number of nitrogens with zero attached hydrogens (tertiary/aromatic N) is 7. The van der Waals surface area contributed by atoms with Gasteiger partial charge in [0.15, 0.2) is 41.2 Å². The molecule has 23 heteroatoms. The molecular weight excluding hydrogens is 637 g/mol. The number of aromatic amines is 1. The van der Waals surface area contributed by atoms with Crippen molar-refractivity contribution in [3.05, 3.63) is 29.3 Å². The zero-order valence-electron chi connectivity index (χ0n) is 22.0. The topological polar surface area (TPSA) is 266 Å². The summed E-state index contributed by atoms with van der Waals surface area (Å²) in [7, 11) is 0. The van der Waals surface area contributed by atoms with Gasteiger partial charge in [-0.1, -0.05) is 0 Å². The molecule has 3 fully saturated rings. The van der Waals surface area contributed by atoms with Crippen molar-refractivity contribution in [2.24, 2.45) is 0 Å². The molecule has 4 aromatic heterocycles. The first kappa shape index (κ1) is 29.4. The molecule has 3 aliphatic rings. The minimum absolute atomic E-state index is 0.124. The molecule has 8 N–H and O–H groups in total. The van der Waals surface area contributed by atoms with E-state index in [0.29, 0.717) is 11.2 Å². The maximum absolute atomic E-state index is 15.5. The van der Waals surface area contributed by atoms with Gasteiger partial charge in [-0.3, -0.25) is 23.4 Å². The van der Waals surface area contributed by atoms with Gasteiger partial charge < -0.3 is 45.3 Å². The molecule has 8 atom stereocenters. The number of nitrogens with two attached hydrogens (primary N) is 2. The first-order valence-corrected chi connectivity index (χ1v) is 15.4. The number of alkyl halides is 2. The monoisotopic (exact) mass is 660 g/mol. The van der Waals surface area contributed by atoms with Crippen molar-refractivity contribution in [2.45, 2.75) is 48.4 Å². The van der Waals surface area contributed by atoms with E-state index in [1.54, 1.807) is 0 Å². The van der Waals surface area contributed by atoms with Crippen LogP contribution in [0.4, 0.5) is 20.5 Å². The van der Waals surface area contributed by atoms with Crippen LogP contribution >= 0.6 is 6.72 Å². The van der Waals surface area contributed by atoms with E-state index in [4.69, 9.17) is 46.5 Å². The molecule has 0 aliphatic carbocycles. The number of H-pyrrole nitrogens is 1. The van der Waals surface area contributed by atoms with E-state index >= 15 is 8.78 Å². The second-order valence-corrected chi connectivity index (χ2v) is 13.1. The molecule has 44 heavy (non-hydrogen) atoms. The molecule has 19 nitrogen and oxygen atoms in total. The molecule has 4 aromatic rings. The second kappa shape index (κ2) is 10.1. The lowest BCUT2D eigenvalue weighted by atomic mass is 10.0.